The molecule has 1 aromatic heterocycles. The van der Waals surface area contributed by atoms with E-state index in [1.807, 2.05) is 26.8 Å². The van der Waals surface area contributed by atoms with E-state index in [1.54, 1.807) is 6.92 Å². The number of ketones is 1. The van der Waals surface area contributed by atoms with Crippen LogP contribution in [0.4, 0.5) is 0 Å². The Morgan fingerprint density at radius 3 is 2.03 bits per heavy atom. The maximum absolute atomic E-state index is 14.8. The highest BCUT2D eigenvalue weighted by atomic mass is 16.7. The van der Waals surface area contributed by atoms with E-state index in [9.17, 15) is 30.3 Å². The number of aromatic nitrogens is 2. The topological polar surface area (TPSA) is 181 Å². The average Bonchev–Trinajstić information content (AvgIpc) is 3.97. The number of rotatable bonds is 0. The first-order chi connectivity index (χ1) is 31.2. The molecule has 4 saturated heterocycles. The van der Waals surface area contributed by atoms with Gasteiger partial charge in [0.05, 0.1) is 69.9 Å². The number of hydrogen-bond acceptors (Lipinski definition) is 12. The van der Waals surface area contributed by atoms with Crippen molar-refractivity contribution in [3.63, 3.8) is 0 Å². The van der Waals surface area contributed by atoms with Crippen LogP contribution in [0.25, 0.3) is 0 Å². The summed E-state index contributed by atoms with van der Waals surface area (Å²) in [4.78, 5) is 25.9. The second kappa shape index (κ2) is 13.2. The highest BCUT2D eigenvalue weighted by Gasteiger charge is 2.80. The SMILES string of the molecule is C[C@@H]1[C@@]2(CC[C@](C)(O)CO2)O[C@H]2C=C3[C@@H]4[C@@H](O)C[C@H]5Cc6nc7c(nc6C[C@]5(C)[C@H]4C[C@@H](O)[C@]3(C)[C@]21O)C[C@@H]1CC[C@@H]2[C@H](CC(=O)[C@]23C[C@@H]2O[C@]4(C[C@H](C)C(C)(C)O4)[C@@H](C)[C@@H]2[C@]3(C)O)[C@@]1(C)C7. The second-order valence-electron chi connectivity index (χ2n) is 27.2. The van der Waals surface area contributed by atoms with Crippen molar-refractivity contribution < 1.29 is 49.3 Å². The van der Waals surface area contributed by atoms with Crippen LogP contribution < -0.4 is 0 Å². The summed E-state index contributed by atoms with van der Waals surface area (Å²) in [5.74, 6) is -1.46. The van der Waals surface area contributed by atoms with Crippen molar-refractivity contribution in [3.05, 3.63) is 34.4 Å². The van der Waals surface area contributed by atoms with Gasteiger partial charge in [0.25, 0.3) is 0 Å². The lowest BCUT2D eigenvalue weighted by Crippen LogP contribution is -2.66. The molecule has 1 aromatic rings. The van der Waals surface area contributed by atoms with Crippen molar-refractivity contribution in [2.75, 3.05) is 6.61 Å². The highest BCUT2D eigenvalue weighted by molar-refractivity contribution is 5.90. The number of hydrogen-bond donors (Lipinski definition) is 5. The molecule has 23 atom stereocenters. The number of Topliss-reactive ketones (excluding diaryl/α,β-unsaturated/α-hetero) is 1. The number of fused-ring (bicyclic) bond motifs is 14. The smallest absolute Gasteiger partial charge is 0.174 e. The molecule has 5 N–H and O–H groups in total. The monoisotopic (exact) mass is 927 g/mol. The molecule has 0 radical (unpaired) electrons. The molecule has 12 nitrogen and oxygen atoms in total. The minimum absolute atomic E-state index is 0.0319. The number of aliphatic hydroxyl groups is 5. The first-order valence-electron chi connectivity index (χ1n) is 26.6. The van der Waals surface area contributed by atoms with Gasteiger partial charge in [-0.2, -0.15) is 0 Å². The molecule has 0 amide bonds. The molecule has 8 aliphatic carbocycles. The number of aliphatic hydroxyl groups excluding tert-OH is 2. The Hall–Kier alpha value is -1.87. The van der Waals surface area contributed by atoms with Gasteiger partial charge in [-0.15, -0.1) is 0 Å². The largest absolute Gasteiger partial charge is 0.392 e. The molecule has 4 aliphatic heterocycles. The third-order valence-corrected chi connectivity index (χ3v) is 24.2. The van der Waals surface area contributed by atoms with Gasteiger partial charge in [-0.25, -0.2) is 0 Å². The summed E-state index contributed by atoms with van der Waals surface area (Å²) in [6.07, 6.45) is 8.39. The van der Waals surface area contributed by atoms with Crippen molar-refractivity contribution in [2.45, 2.75) is 211 Å². The molecule has 9 fully saturated rings. The Balaban J connectivity index is 0.771. The van der Waals surface area contributed by atoms with Crippen LogP contribution in [0.1, 0.15) is 150 Å². The van der Waals surface area contributed by atoms with E-state index in [2.05, 4.69) is 41.5 Å². The lowest BCUT2D eigenvalue weighted by atomic mass is 9.44. The van der Waals surface area contributed by atoms with Crippen LogP contribution in [0.5, 0.6) is 0 Å². The Morgan fingerprint density at radius 1 is 0.731 bits per heavy atom. The maximum atomic E-state index is 14.8. The fraction of sp³-hybridized carbons (Fsp3) is 0.873. The van der Waals surface area contributed by atoms with E-state index in [0.717, 1.165) is 66.9 Å². The van der Waals surface area contributed by atoms with Gasteiger partial charge in [0.2, 0.25) is 0 Å². The van der Waals surface area contributed by atoms with Crippen molar-refractivity contribution in [2.24, 2.45) is 80.8 Å². The molecular weight excluding hydrogens is 849 g/mol. The molecule has 67 heavy (non-hydrogen) atoms. The van der Waals surface area contributed by atoms with Crippen LogP contribution >= 0.6 is 0 Å². The predicted octanol–water partition coefficient (Wildman–Crippen LogP) is 5.97. The van der Waals surface area contributed by atoms with Gasteiger partial charge in [-0.1, -0.05) is 53.2 Å². The van der Waals surface area contributed by atoms with Crippen LogP contribution in [0, 0.1) is 80.8 Å². The number of carbonyl (C=O) groups is 1. The van der Waals surface area contributed by atoms with Crippen molar-refractivity contribution in [3.8, 4) is 0 Å². The standard InChI is InChI=1S/C55H78N2O10/c1-26-21-54(67-46(26,4)5)27(2)45-40(65-54)24-52(51(45,10)62)31-12-11-29-15-35-37(22-48(29,7)32(31)18-42(52)60)57-36-16-30-17-39(58)44-33(49(30,8)23-38(36)56-35)19-41(59)50(9)34(44)20-43-55(50,63)28(3)53(66-43)14-13-47(6,61)25-64-53/h20,26-33,39-41,43-45,58-59,61-63H,11-19,21-25H2,1-10H3/t26-,27-,28+,29-,30+,31+,32-,33-,39-,40-,41+,43-,44+,45-,47-,48-,49-,50+,51-,52-,53+,54-,55+/m0/s1. The van der Waals surface area contributed by atoms with E-state index in [0.29, 0.717) is 56.8 Å². The molecule has 13 rings (SSSR count). The minimum Gasteiger partial charge on any atom is -0.392 e. The quantitative estimate of drug-likeness (QED) is 0.193. The van der Waals surface area contributed by atoms with Gasteiger partial charge >= 0.3 is 0 Å². The lowest BCUT2D eigenvalue weighted by molar-refractivity contribution is -0.289. The molecule has 368 valence electrons. The van der Waals surface area contributed by atoms with Gasteiger partial charge in [0, 0.05) is 48.3 Å². The molecule has 5 heterocycles. The normalized spacial score (nSPS) is 59.6. The third-order valence-electron chi connectivity index (χ3n) is 24.2. The Morgan fingerprint density at radius 2 is 1.40 bits per heavy atom. The van der Waals surface area contributed by atoms with Crippen LogP contribution in [0.3, 0.4) is 0 Å². The summed E-state index contributed by atoms with van der Waals surface area (Å²) < 4.78 is 26.7. The second-order valence-corrected chi connectivity index (χ2v) is 27.2. The predicted molar refractivity (Wildman–Crippen MR) is 245 cm³/mol. The summed E-state index contributed by atoms with van der Waals surface area (Å²) in [6.45, 7) is 21.3. The van der Waals surface area contributed by atoms with E-state index >= 15 is 0 Å². The molecule has 0 aromatic carbocycles. The van der Waals surface area contributed by atoms with Gasteiger partial charge in [-0.3, -0.25) is 14.8 Å². The Kier molecular flexibility index (Phi) is 8.87. The summed E-state index contributed by atoms with van der Waals surface area (Å²) >= 11 is 0. The zero-order chi connectivity index (χ0) is 47.4. The Labute approximate surface area is 396 Å². The third kappa shape index (κ3) is 5.16. The van der Waals surface area contributed by atoms with Crippen molar-refractivity contribution >= 4 is 5.78 Å². The molecular formula is C55H78N2O10. The van der Waals surface area contributed by atoms with Crippen LogP contribution in [0.15, 0.2) is 11.6 Å². The summed E-state index contributed by atoms with van der Waals surface area (Å²) in [6, 6.07) is 0. The molecule has 5 saturated carbocycles. The molecule has 0 bridgehead atoms. The molecule has 12 aliphatic rings. The first kappa shape index (κ1) is 45.0. The fourth-order valence-corrected chi connectivity index (χ4v) is 19.9. The van der Waals surface area contributed by atoms with E-state index < -0.39 is 63.4 Å². The zero-order valence-electron chi connectivity index (χ0n) is 41.7. The van der Waals surface area contributed by atoms with Crippen LogP contribution in [-0.4, -0.2) is 106 Å². The van der Waals surface area contributed by atoms with Gasteiger partial charge in [0.1, 0.15) is 17.5 Å². The van der Waals surface area contributed by atoms with Gasteiger partial charge in [0.15, 0.2) is 11.6 Å². The van der Waals surface area contributed by atoms with E-state index in [1.165, 1.54) is 0 Å². The maximum Gasteiger partial charge on any atom is 0.174 e. The zero-order valence-corrected chi connectivity index (χ0v) is 41.7. The minimum atomic E-state index is -1.44. The lowest BCUT2D eigenvalue weighted by Gasteiger charge is -2.62. The fourth-order valence-electron chi connectivity index (χ4n) is 19.9. The van der Waals surface area contributed by atoms with E-state index in [-0.39, 0.29) is 76.4 Å². The van der Waals surface area contributed by atoms with E-state index in [4.69, 9.17) is 28.9 Å². The van der Waals surface area contributed by atoms with Crippen LogP contribution in [-0.2, 0) is 49.4 Å². The molecule has 0 unspecified atom stereocenters. The number of nitrogens with zero attached hydrogens (tertiary/aromatic N) is 2. The Bertz CT molecular complexity index is 2370. The van der Waals surface area contributed by atoms with Crippen molar-refractivity contribution in [1.82, 2.24) is 9.97 Å². The van der Waals surface area contributed by atoms with Gasteiger partial charge < -0.3 is 44.5 Å². The molecule has 12 heteroatoms. The summed E-state index contributed by atoms with van der Waals surface area (Å²) in [7, 11) is 0. The van der Waals surface area contributed by atoms with Crippen molar-refractivity contribution in [1.29, 1.82) is 0 Å². The number of ether oxygens (including phenoxy) is 4. The van der Waals surface area contributed by atoms with Crippen LogP contribution in [0.2, 0.25) is 0 Å². The average molecular weight is 927 g/mol. The van der Waals surface area contributed by atoms with Gasteiger partial charge in [-0.05, 0) is 138 Å². The number of carbonyl (C=O) groups excluding carboxylic acids is 1. The highest BCUT2D eigenvalue weighted by Crippen LogP contribution is 2.74. The summed E-state index contributed by atoms with van der Waals surface area (Å²) in [5.41, 5.74) is -1.06. The molecule has 3 spiro atoms. The first-order valence-corrected chi connectivity index (χ1v) is 26.6. The summed E-state index contributed by atoms with van der Waals surface area (Å²) in [5, 5.41) is 61.4.